The number of para-hydroxylation sites is 1. The van der Waals surface area contributed by atoms with Crippen molar-refractivity contribution in [2.24, 2.45) is 0 Å². The molecule has 3 aromatic rings. The molecule has 1 heterocycles. The molecule has 0 N–H and O–H groups in total. The number of rotatable bonds is 3. The second-order valence-corrected chi connectivity index (χ2v) is 6.43. The van der Waals surface area contributed by atoms with E-state index < -0.39 is 0 Å². The van der Waals surface area contributed by atoms with E-state index in [-0.39, 0.29) is 0 Å². The molecule has 0 aliphatic carbocycles. The standard InChI is InChI=1S/C24H23N/c1-3-21-19(14-13-18-9-5-6-10-22(18)21)17-20-15-16-25(4-2)24-12-8-7-11-23(20)24/h5-17H,3-4H2,1-2H3/b20-17+. The summed E-state index contributed by atoms with van der Waals surface area (Å²) in [5.74, 6) is 0. The minimum absolute atomic E-state index is 0.983. The molecule has 1 aliphatic rings. The van der Waals surface area contributed by atoms with Crippen molar-refractivity contribution >= 4 is 28.1 Å². The summed E-state index contributed by atoms with van der Waals surface area (Å²) < 4.78 is 0. The number of aryl methyl sites for hydroxylation is 1. The zero-order chi connectivity index (χ0) is 17.2. The van der Waals surface area contributed by atoms with E-state index in [1.165, 1.54) is 38.7 Å². The molecule has 0 radical (unpaired) electrons. The van der Waals surface area contributed by atoms with Gasteiger partial charge in [-0.05, 0) is 59.0 Å². The van der Waals surface area contributed by atoms with Gasteiger partial charge in [-0.2, -0.15) is 0 Å². The minimum atomic E-state index is 0.983. The lowest BCUT2D eigenvalue weighted by molar-refractivity contribution is 1.01. The fourth-order valence-electron chi connectivity index (χ4n) is 3.76. The minimum Gasteiger partial charge on any atom is -0.348 e. The fraction of sp³-hybridized carbons (Fsp3) is 0.167. The van der Waals surface area contributed by atoms with E-state index in [0.29, 0.717) is 0 Å². The summed E-state index contributed by atoms with van der Waals surface area (Å²) in [6, 6.07) is 21.8. The molecular weight excluding hydrogens is 302 g/mol. The van der Waals surface area contributed by atoms with Crippen LogP contribution in [-0.2, 0) is 6.42 Å². The van der Waals surface area contributed by atoms with Gasteiger partial charge in [-0.1, -0.05) is 61.5 Å². The summed E-state index contributed by atoms with van der Waals surface area (Å²) in [6.07, 6.45) is 7.81. The van der Waals surface area contributed by atoms with E-state index in [1.54, 1.807) is 0 Å². The monoisotopic (exact) mass is 325 g/mol. The van der Waals surface area contributed by atoms with Crippen LogP contribution in [0, 0.1) is 0 Å². The van der Waals surface area contributed by atoms with E-state index in [0.717, 1.165) is 13.0 Å². The average molecular weight is 325 g/mol. The van der Waals surface area contributed by atoms with Gasteiger partial charge in [0, 0.05) is 24.0 Å². The zero-order valence-corrected chi connectivity index (χ0v) is 14.9. The van der Waals surface area contributed by atoms with Crippen molar-refractivity contribution in [1.82, 2.24) is 0 Å². The molecule has 1 heteroatoms. The number of anilines is 1. The number of fused-ring (bicyclic) bond motifs is 2. The van der Waals surface area contributed by atoms with Crippen LogP contribution in [0.2, 0.25) is 0 Å². The topological polar surface area (TPSA) is 3.24 Å². The molecule has 124 valence electrons. The van der Waals surface area contributed by atoms with Gasteiger partial charge in [-0.3, -0.25) is 0 Å². The summed E-state index contributed by atoms with van der Waals surface area (Å²) >= 11 is 0. The normalized spacial score (nSPS) is 15.0. The third-order valence-electron chi connectivity index (χ3n) is 5.04. The summed E-state index contributed by atoms with van der Waals surface area (Å²) in [6.45, 7) is 5.42. The Kier molecular flexibility index (Phi) is 4.15. The molecule has 0 amide bonds. The van der Waals surface area contributed by atoms with Gasteiger partial charge >= 0.3 is 0 Å². The lowest BCUT2D eigenvalue weighted by atomic mass is 9.93. The maximum absolute atomic E-state index is 2.34. The van der Waals surface area contributed by atoms with Crippen LogP contribution in [0.15, 0.2) is 72.9 Å². The maximum Gasteiger partial charge on any atom is 0.0485 e. The van der Waals surface area contributed by atoms with Crippen molar-refractivity contribution in [2.75, 3.05) is 11.4 Å². The number of benzene rings is 3. The van der Waals surface area contributed by atoms with E-state index in [1.807, 2.05) is 0 Å². The first-order chi connectivity index (χ1) is 12.3. The highest BCUT2D eigenvalue weighted by atomic mass is 15.1. The Hall–Kier alpha value is -2.80. The smallest absolute Gasteiger partial charge is 0.0485 e. The quantitative estimate of drug-likeness (QED) is 0.546. The number of hydrogen-bond donors (Lipinski definition) is 0. The first-order valence-corrected chi connectivity index (χ1v) is 9.08. The van der Waals surface area contributed by atoms with Crippen molar-refractivity contribution in [2.45, 2.75) is 20.3 Å². The Morgan fingerprint density at radius 2 is 1.68 bits per heavy atom. The maximum atomic E-state index is 2.34. The third-order valence-corrected chi connectivity index (χ3v) is 5.04. The number of nitrogens with zero attached hydrogens (tertiary/aromatic N) is 1. The lowest BCUT2D eigenvalue weighted by Crippen LogP contribution is -2.18. The van der Waals surface area contributed by atoms with Crippen molar-refractivity contribution in [3.63, 3.8) is 0 Å². The molecular formula is C24H23N. The van der Waals surface area contributed by atoms with Gasteiger partial charge in [-0.15, -0.1) is 0 Å². The van der Waals surface area contributed by atoms with Gasteiger partial charge in [0.05, 0.1) is 0 Å². The molecule has 0 unspecified atom stereocenters. The SMILES string of the molecule is CCc1c(/C=C2\C=CN(CC)c3ccccc32)ccc2ccccc12. The molecule has 4 rings (SSSR count). The Balaban J connectivity index is 1.88. The van der Waals surface area contributed by atoms with Gasteiger partial charge in [-0.25, -0.2) is 0 Å². The highest BCUT2D eigenvalue weighted by molar-refractivity contribution is 5.97. The number of hydrogen-bond acceptors (Lipinski definition) is 1. The molecule has 1 aliphatic heterocycles. The lowest BCUT2D eigenvalue weighted by Gasteiger charge is -2.26. The van der Waals surface area contributed by atoms with E-state index in [2.05, 4.69) is 97.8 Å². The van der Waals surface area contributed by atoms with Crippen molar-refractivity contribution in [3.05, 3.63) is 89.6 Å². The van der Waals surface area contributed by atoms with Gasteiger partial charge in [0.25, 0.3) is 0 Å². The number of allylic oxidation sites excluding steroid dienone is 2. The third kappa shape index (κ3) is 2.76. The van der Waals surface area contributed by atoms with Crippen LogP contribution in [0.25, 0.3) is 22.4 Å². The van der Waals surface area contributed by atoms with Crippen LogP contribution in [0.1, 0.15) is 30.5 Å². The van der Waals surface area contributed by atoms with E-state index >= 15 is 0 Å². The Morgan fingerprint density at radius 1 is 0.880 bits per heavy atom. The van der Waals surface area contributed by atoms with Crippen LogP contribution >= 0.6 is 0 Å². The van der Waals surface area contributed by atoms with Gasteiger partial charge in [0.2, 0.25) is 0 Å². The molecule has 0 fully saturated rings. The highest BCUT2D eigenvalue weighted by Crippen LogP contribution is 2.35. The first-order valence-electron chi connectivity index (χ1n) is 9.08. The molecule has 3 aromatic carbocycles. The second-order valence-electron chi connectivity index (χ2n) is 6.43. The van der Waals surface area contributed by atoms with Crippen molar-refractivity contribution < 1.29 is 0 Å². The predicted molar refractivity (Wildman–Crippen MR) is 110 cm³/mol. The van der Waals surface area contributed by atoms with E-state index in [4.69, 9.17) is 0 Å². The zero-order valence-electron chi connectivity index (χ0n) is 14.9. The molecule has 25 heavy (non-hydrogen) atoms. The summed E-state index contributed by atoms with van der Waals surface area (Å²) in [5.41, 5.74) is 6.62. The molecule has 0 saturated carbocycles. The van der Waals surface area contributed by atoms with Gasteiger partial charge in [0.1, 0.15) is 0 Å². The van der Waals surface area contributed by atoms with Crippen LogP contribution in [0.5, 0.6) is 0 Å². The Bertz CT molecular complexity index is 978. The summed E-state index contributed by atoms with van der Waals surface area (Å²) in [7, 11) is 0. The Morgan fingerprint density at radius 3 is 2.52 bits per heavy atom. The van der Waals surface area contributed by atoms with Crippen LogP contribution in [0.4, 0.5) is 5.69 Å². The molecule has 0 aromatic heterocycles. The predicted octanol–water partition coefficient (Wildman–Crippen LogP) is 6.30. The van der Waals surface area contributed by atoms with Crippen molar-refractivity contribution in [1.29, 1.82) is 0 Å². The molecule has 0 atom stereocenters. The van der Waals surface area contributed by atoms with Gasteiger partial charge < -0.3 is 4.90 Å². The molecule has 0 bridgehead atoms. The van der Waals surface area contributed by atoms with Crippen LogP contribution in [0.3, 0.4) is 0 Å². The van der Waals surface area contributed by atoms with Crippen LogP contribution in [-0.4, -0.2) is 6.54 Å². The average Bonchev–Trinajstić information content (AvgIpc) is 2.68. The molecule has 1 nitrogen and oxygen atoms in total. The molecule has 0 saturated heterocycles. The molecule has 0 spiro atoms. The largest absolute Gasteiger partial charge is 0.348 e. The van der Waals surface area contributed by atoms with Crippen molar-refractivity contribution in [3.8, 4) is 0 Å². The van der Waals surface area contributed by atoms with E-state index in [9.17, 15) is 0 Å². The summed E-state index contributed by atoms with van der Waals surface area (Å²) in [5, 5.41) is 2.68. The van der Waals surface area contributed by atoms with Crippen LogP contribution < -0.4 is 4.90 Å². The second kappa shape index (κ2) is 6.60. The van der Waals surface area contributed by atoms with Gasteiger partial charge in [0.15, 0.2) is 0 Å². The first kappa shape index (κ1) is 15.7. The summed E-state index contributed by atoms with van der Waals surface area (Å²) in [4.78, 5) is 2.30. The Labute approximate surface area is 149 Å². The fourth-order valence-corrected chi connectivity index (χ4v) is 3.76. The highest BCUT2D eigenvalue weighted by Gasteiger charge is 2.15.